The number of amides is 1. The fourth-order valence-electron chi connectivity index (χ4n) is 3.02. The molecule has 4 rings (SSSR count). The van der Waals surface area contributed by atoms with Gasteiger partial charge in [-0.15, -0.1) is 0 Å². The second kappa shape index (κ2) is 6.28. The van der Waals surface area contributed by atoms with Crippen molar-refractivity contribution in [2.75, 3.05) is 11.9 Å². The second-order valence-electron chi connectivity index (χ2n) is 5.68. The zero-order valence-electron chi connectivity index (χ0n) is 13.7. The van der Waals surface area contributed by atoms with E-state index in [0.717, 1.165) is 27.7 Å². The molecule has 1 amide bonds. The van der Waals surface area contributed by atoms with Crippen molar-refractivity contribution in [3.8, 4) is 11.3 Å². The molecule has 0 aliphatic rings. The van der Waals surface area contributed by atoms with Gasteiger partial charge in [-0.2, -0.15) is 0 Å². The standard InChI is InChI=1S/C20H17N3O2/c1-2-25-20(24)22-14-7-5-6-13(12-14)18-19-16(10-11-21-18)15-8-3-4-9-17(15)23-19/h3-12,23H,2H2,1H3,(H,22,24). The van der Waals surface area contributed by atoms with Crippen LogP contribution in [-0.4, -0.2) is 22.7 Å². The van der Waals surface area contributed by atoms with Crippen molar-refractivity contribution in [1.29, 1.82) is 0 Å². The summed E-state index contributed by atoms with van der Waals surface area (Å²) >= 11 is 0. The van der Waals surface area contributed by atoms with E-state index in [9.17, 15) is 4.79 Å². The van der Waals surface area contributed by atoms with E-state index in [1.54, 1.807) is 6.92 Å². The number of carbonyl (C=O) groups excluding carboxylic acids is 1. The number of nitrogens with one attached hydrogen (secondary N) is 2. The number of carbonyl (C=O) groups is 1. The number of H-pyrrole nitrogens is 1. The first-order valence-electron chi connectivity index (χ1n) is 8.16. The zero-order valence-corrected chi connectivity index (χ0v) is 13.7. The first-order valence-corrected chi connectivity index (χ1v) is 8.16. The Hall–Kier alpha value is -3.34. The first kappa shape index (κ1) is 15.2. The smallest absolute Gasteiger partial charge is 0.411 e. The summed E-state index contributed by atoms with van der Waals surface area (Å²) in [4.78, 5) is 19.6. The van der Waals surface area contributed by atoms with Crippen LogP contribution in [0.25, 0.3) is 33.1 Å². The van der Waals surface area contributed by atoms with Crippen LogP contribution in [0, 0.1) is 0 Å². The summed E-state index contributed by atoms with van der Waals surface area (Å²) in [7, 11) is 0. The number of hydrogen-bond donors (Lipinski definition) is 2. The third-order valence-electron chi connectivity index (χ3n) is 4.09. The molecule has 5 nitrogen and oxygen atoms in total. The van der Waals surface area contributed by atoms with Crippen molar-refractivity contribution in [1.82, 2.24) is 9.97 Å². The lowest BCUT2D eigenvalue weighted by Crippen LogP contribution is -2.13. The Balaban J connectivity index is 1.81. The van der Waals surface area contributed by atoms with Gasteiger partial charge in [0.25, 0.3) is 0 Å². The summed E-state index contributed by atoms with van der Waals surface area (Å²) in [5.41, 5.74) is 4.50. The molecule has 5 heteroatoms. The minimum Gasteiger partial charge on any atom is -0.450 e. The summed E-state index contributed by atoms with van der Waals surface area (Å²) in [5.74, 6) is 0. The third-order valence-corrected chi connectivity index (χ3v) is 4.09. The van der Waals surface area contributed by atoms with E-state index in [4.69, 9.17) is 4.74 Å². The minimum absolute atomic E-state index is 0.335. The van der Waals surface area contributed by atoms with Gasteiger partial charge < -0.3 is 9.72 Å². The minimum atomic E-state index is -0.462. The van der Waals surface area contributed by atoms with Gasteiger partial charge in [-0.1, -0.05) is 30.3 Å². The molecule has 2 aromatic carbocycles. The highest BCUT2D eigenvalue weighted by atomic mass is 16.5. The van der Waals surface area contributed by atoms with Crippen LogP contribution in [-0.2, 0) is 4.74 Å². The molecule has 4 aromatic rings. The van der Waals surface area contributed by atoms with Crippen LogP contribution in [0.4, 0.5) is 10.5 Å². The van der Waals surface area contributed by atoms with Crippen molar-refractivity contribution in [3.05, 3.63) is 60.8 Å². The summed E-state index contributed by atoms with van der Waals surface area (Å²) < 4.78 is 4.93. The Bertz CT molecular complexity index is 1070. The molecule has 0 unspecified atom stereocenters. The molecule has 0 radical (unpaired) electrons. The number of anilines is 1. The topological polar surface area (TPSA) is 67.0 Å². The van der Waals surface area contributed by atoms with Crippen LogP contribution in [0.2, 0.25) is 0 Å². The van der Waals surface area contributed by atoms with Crippen molar-refractivity contribution in [2.24, 2.45) is 0 Å². The van der Waals surface area contributed by atoms with Gasteiger partial charge in [-0.05, 0) is 31.2 Å². The number of pyridine rings is 1. The molecule has 0 bridgehead atoms. The van der Waals surface area contributed by atoms with Crippen LogP contribution < -0.4 is 5.32 Å². The normalized spacial score (nSPS) is 10.9. The van der Waals surface area contributed by atoms with Gasteiger partial charge in [-0.25, -0.2) is 4.79 Å². The molecular formula is C20H17N3O2. The zero-order chi connectivity index (χ0) is 17.2. The predicted octanol–water partition coefficient (Wildman–Crippen LogP) is 4.95. The molecule has 2 heterocycles. The number of hydrogen-bond acceptors (Lipinski definition) is 3. The molecule has 0 spiro atoms. The summed E-state index contributed by atoms with van der Waals surface area (Å²) in [6.07, 6.45) is 1.35. The quantitative estimate of drug-likeness (QED) is 0.558. The number of benzene rings is 2. The fraction of sp³-hybridized carbons (Fsp3) is 0.100. The van der Waals surface area contributed by atoms with Crippen LogP contribution in [0.15, 0.2) is 60.8 Å². The third kappa shape index (κ3) is 2.80. The van der Waals surface area contributed by atoms with Gasteiger partial charge in [-0.3, -0.25) is 10.3 Å². The fourth-order valence-corrected chi connectivity index (χ4v) is 3.02. The van der Waals surface area contributed by atoms with Crippen molar-refractivity contribution in [2.45, 2.75) is 6.92 Å². The van der Waals surface area contributed by atoms with Gasteiger partial charge in [0.15, 0.2) is 0 Å². The highest BCUT2D eigenvalue weighted by molar-refractivity contribution is 6.11. The SMILES string of the molecule is CCOC(=O)Nc1cccc(-c2nccc3c2[nH]c2ccccc23)c1. The predicted molar refractivity (Wildman–Crippen MR) is 99.7 cm³/mol. The number of fused-ring (bicyclic) bond motifs is 3. The second-order valence-corrected chi connectivity index (χ2v) is 5.68. The van der Waals surface area contributed by atoms with Gasteiger partial charge in [0.1, 0.15) is 0 Å². The highest BCUT2D eigenvalue weighted by Crippen LogP contribution is 2.32. The number of rotatable bonds is 3. The first-order chi connectivity index (χ1) is 12.3. The molecule has 0 aliphatic heterocycles. The van der Waals surface area contributed by atoms with Crippen LogP contribution in [0.1, 0.15) is 6.92 Å². The Kier molecular flexibility index (Phi) is 3.82. The van der Waals surface area contributed by atoms with E-state index < -0.39 is 6.09 Å². The summed E-state index contributed by atoms with van der Waals surface area (Å²) in [6, 6.07) is 17.8. The van der Waals surface area contributed by atoms with E-state index in [0.29, 0.717) is 12.3 Å². The van der Waals surface area contributed by atoms with Crippen LogP contribution in [0.5, 0.6) is 0 Å². The van der Waals surface area contributed by atoms with Crippen molar-refractivity contribution < 1.29 is 9.53 Å². The van der Waals surface area contributed by atoms with Gasteiger partial charge in [0.2, 0.25) is 0 Å². The average molecular weight is 331 g/mol. The number of para-hydroxylation sites is 1. The maximum absolute atomic E-state index is 11.6. The average Bonchev–Trinajstić information content (AvgIpc) is 3.01. The molecule has 0 saturated heterocycles. The lowest BCUT2D eigenvalue weighted by atomic mass is 10.1. The Morgan fingerprint density at radius 2 is 2.00 bits per heavy atom. The number of ether oxygens (including phenoxy) is 1. The van der Waals surface area contributed by atoms with Crippen LogP contribution >= 0.6 is 0 Å². The Morgan fingerprint density at radius 1 is 1.12 bits per heavy atom. The van der Waals surface area contributed by atoms with Crippen molar-refractivity contribution >= 4 is 33.6 Å². The van der Waals surface area contributed by atoms with Gasteiger partial charge in [0, 0.05) is 33.7 Å². The molecule has 0 aliphatic carbocycles. The lowest BCUT2D eigenvalue weighted by molar-refractivity contribution is 0.168. The molecule has 2 N–H and O–H groups in total. The Morgan fingerprint density at radius 3 is 2.88 bits per heavy atom. The van der Waals surface area contributed by atoms with E-state index >= 15 is 0 Å². The van der Waals surface area contributed by atoms with E-state index in [-0.39, 0.29) is 0 Å². The molecule has 0 saturated carbocycles. The van der Waals surface area contributed by atoms with E-state index in [1.807, 2.05) is 48.7 Å². The summed E-state index contributed by atoms with van der Waals surface area (Å²) in [6.45, 7) is 2.11. The maximum Gasteiger partial charge on any atom is 0.411 e. The monoisotopic (exact) mass is 331 g/mol. The lowest BCUT2D eigenvalue weighted by Gasteiger charge is -2.08. The molecule has 25 heavy (non-hydrogen) atoms. The molecule has 0 fully saturated rings. The van der Waals surface area contributed by atoms with E-state index in [2.05, 4.69) is 27.4 Å². The van der Waals surface area contributed by atoms with Crippen LogP contribution in [0.3, 0.4) is 0 Å². The molecular weight excluding hydrogens is 314 g/mol. The van der Waals surface area contributed by atoms with Crippen molar-refractivity contribution in [3.63, 3.8) is 0 Å². The molecule has 2 aromatic heterocycles. The largest absolute Gasteiger partial charge is 0.450 e. The molecule has 124 valence electrons. The highest BCUT2D eigenvalue weighted by Gasteiger charge is 2.11. The number of nitrogens with zero attached hydrogens (tertiary/aromatic N) is 1. The van der Waals surface area contributed by atoms with E-state index in [1.165, 1.54) is 5.39 Å². The Labute approximate surface area is 144 Å². The molecule has 0 atom stereocenters. The van der Waals surface area contributed by atoms with Gasteiger partial charge in [0.05, 0.1) is 17.8 Å². The summed E-state index contributed by atoms with van der Waals surface area (Å²) in [5, 5.41) is 5.03. The maximum atomic E-state index is 11.6. The number of aromatic nitrogens is 2. The number of aromatic amines is 1. The van der Waals surface area contributed by atoms with Gasteiger partial charge >= 0.3 is 6.09 Å².